The Balaban J connectivity index is 1.43. The van der Waals surface area contributed by atoms with E-state index in [1.807, 2.05) is 11.8 Å². The molecule has 1 fully saturated rings. The molecule has 9 heteroatoms. The van der Waals surface area contributed by atoms with Crippen molar-refractivity contribution in [2.45, 2.75) is 45.2 Å². The van der Waals surface area contributed by atoms with Crippen LogP contribution >= 0.6 is 0 Å². The molecule has 3 aromatic rings. The van der Waals surface area contributed by atoms with E-state index >= 15 is 4.39 Å². The molecule has 2 heterocycles. The molecule has 5 nitrogen and oxygen atoms in total. The number of ether oxygens (including phenoxy) is 1. The first-order valence-corrected chi connectivity index (χ1v) is 12.8. The minimum absolute atomic E-state index is 0.0363. The van der Waals surface area contributed by atoms with Crippen molar-refractivity contribution >= 4 is 16.9 Å². The Bertz CT molecular complexity index is 1400. The van der Waals surface area contributed by atoms with Gasteiger partial charge in [-0.3, -0.25) is 14.7 Å². The fourth-order valence-electron chi connectivity index (χ4n) is 5.31. The van der Waals surface area contributed by atoms with Crippen molar-refractivity contribution in [3.05, 3.63) is 70.7 Å². The molecule has 39 heavy (non-hydrogen) atoms. The van der Waals surface area contributed by atoms with Gasteiger partial charge in [0.15, 0.2) is 17.5 Å². The number of rotatable bonds is 8. The van der Waals surface area contributed by atoms with Gasteiger partial charge >= 0.3 is 5.97 Å². The van der Waals surface area contributed by atoms with Crippen molar-refractivity contribution in [1.29, 1.82) is 0 Å². The molecule has 1 aliphatic rings. The number of aryl methyl sites for hydroxylation is 1. The molecule has 4 rings (SSSR count). The van der Waals surface area contributed by atoms with Crippen molar-refractivity contribution in [2.24, 2.45) is 5.41 Å². The van der Waals surface area contributed by atoms with Crippen LogP contribution in [0.3, 0.4) is 0 Å². The first-order chi connectivity index (χ1) is 18.6. The van der Waals surface area contributed by atoms with Crippen molar-refractivity contribution in [3.63, 3.8) is 0 Å². The van der Waals surface area contributed by atoms with Gasteiger partial charge in [0.2, 0.25) is 0 Å². The van der Waals surface area contributed by atoms with Crippen LogP contribution in [0.1, 0.15) is 55.0 Å². The molecule has 0 spiro atoms. The summed E-state index contributed by atoms with van der Waals surface area (Å²) in [7, 11) is 1.55. The molecule has 0 amide bonds. The average molecular weight is 543 g/mol. The van der Waals surface area contributed by atoms with Gasteiger partial charge in [0.05, 0.1) is 25.6 Å². The van der Waals surface area contributed by atoms with Crippen LogP contribution in [0.4, 0.5) is 17.6 Å². The Kier molecular flexibility index (Phi) is 8.76. The molecule has 0 unspecified atom stereocenters. The van der Waals surface area contributed by atoms with Crippen molar-refractivity contribution in [3.8, 4) is 17.6 Å². The highest BCUT2D eigenvalue weighted by molar-refractivity contribution is 5.85. The molecule has 1 N–H and O–H groups in total. The van der Waals surface area contributed by atoms with E-state index < -0.39 is 35.0 Å². The maximum atomic E-state index is 15.8. The summed E-state index contributed by atoms with van der Waals surface area (Å²) in [4.78, 5) is 18.1. The minimum Gasteiger partial charge on any atom is -0.497 e. The average Bonchev–Trinajstić information content (AvgIpc) is 2.90. The zero-order valence-electron chi connectivity index (χ0n) is 21.9. The number of benzene rings is 2. The predicted octanol–water partition coefficient (Wildman–Crippen LogP) is 6.37. The highest BCUT2D eigenvalue weighted by Gasteiger charge is 2.37. The highest BCUT2D eigenvalue weighted by Crippen LogP contribution is 2.43. The fourth-order valence-corrected chi connectivity index (χ4v) is 5.31. The standard InChI is InChI=1S/C30H30F4N2O3/c1-19-18-35-26-6-5-21(39-2)16-22(26)28(19)23(31)7-8-30(17-27(37)38)9-12-36(13-10-30)11-3-4-20-14-24(32)29(34)25(33)15-20/h5-6,14-16,18,23H,7-13,17H2,1-2H3,(H,37,38)/t23-/m1/s1. The van der Waals surface area contributed by atoms with E-state index in [4.69, 9.17) is 4.74 Å². The lowest BCUT2D eigenvalue weighted by atomic mass is 9.71. The van der Waals surface area contributed by atoms with E-state index in [9.17, 15) is 23.1 Å². The third-order valence-corrected chi connectivity index (χ3v) is 7.52. The number of halogens is 4. The third-order valence-electron chi connectivity index (χ3n) is 7.52. The topological polar surface area (TPSA) is 62.7 Å². The van der Waals surface area contributed by atoms with Gasteiger partial charge in [-0.1, -0.05) is 11.8 Å². The number of aliphatic carboxylic acids is 1. The lowest BCUT2D eigenvalue weighted by molar-refractivity contribution is -0.141. The number of pyridine rings is 1. The number of carbonyl (C=O) groups is 1. The Labute approximate surface area is 224 Å². The van der Waals surface area contributed by atoms with E-state index in [1.165, 1.54) is 0 Å². The van der Waals surface area contributed by atoms with Crippen molar-refractivity contribution in [2.75, 3.05) is 26.7 Å². The molecule has 1 aromatic heterocycles. The maximum Gasteiger partial charge on any atom is 0.303 e. The Morgan fingerprint density at radius 3 is 2.51 bits per heavy atom. The molecule has 2 aromatic carbocycles. The van der Waals surface area contributed by atoms with Crippen LogP contribution in [-0.4, -0.2) is 47.7 Å². The second kappa shape index (κ2) is 12.0. The molecule has 0 aliphatic carbocycles. The van der Waals surface area contributed by atoms with Crippen LogP contribution in [0.2, 0.25) is 0 Å². The van der Waals surface area contributed by atoms with Gasteiger partial charge < -0.3 is 9.84 Å². The molecule has 0 saturated carbocycles. The lowest BCUT2D eigenvalue weighted by Gasteiger charge is -2.41. The summed E-state index contributed by atoms with van der Waals surface area (Å²) in [5, 5.41) is 10.3. The van der Waals surface area contributed by atoms with Crippen LogP contribution in [-0.2, 0) is 4.79 Å². The normalized spacial score (nSPS) is 15.9. The molecule has 1 saturated heterocycles. The van der Waals surface area contributed by atoms with Crippen LogP contribution < -0.4 is 4.74 Å². The summed E-state index contributed by atoms with van der Waals surface area (Å²) in [6.07, 6.45) is 1.98. The monoisotopic (exact) mass is 542 g/mol. The number of aromatic nitrogens is 1. The number of methoxy groups -OCH3 is 1. The second-order valence-electron chi connectivity index (χ2n) is 10.1. The van der Waals surface area contributed by atoms with Gasteiger partial charge in [-0.25, -0.2) is 17.6 Å². The molecule has 0 bridgehead atoms. The van der Waals surface area contributed by atoms with E-state index in [-0.39, 0.29) is 18.4 Å². The smallest absolute Gasteiger partial charge is 0.303 e. The molecular weight excluding hydrogens is 512 g/mol. The number of piperidine rings is 1. The molecule has 0 radical (unpaired) electrons. The first kappa shape index (κ1) is 28.4. The molecular formula is C30H30F4N2O3. The highest BCUT2D eigenvalue weighted by atomic mass is 19.2. The van der Waals surface area contributed by atoms with Crippen LogP contribution in [0.5, 0.6) is 5.75 Å². The van der Waals surface area contributed by atoms with Crippen LogP contribution in [0, 0.1) is 41.6 Å². The van der Waals surface area contributed by atoms with E-state index in [0.29, 0.717) is 61.1 Å². The number of hydrogen-bond acceptors (Lipinski definition) is 4. The number of likely N-dealkylation sites (tertiary alicyclic amines) is 1. The number of nitrogens with zero attached hydrogens (tertiary/aromatic N) is 2. The Morgan fingerprint density at radius 1 is 1.18 bits per heavy atom. The zero-order chi connectivity index (χ0) is 28.2. The van der Waals surface area contributed by atoms with Gasteiger partial charge in [-0.15, -0.1) is 0 Å². The van der Waals surface area contributed by atoms with Gasteiger partial charge in [0.1, 0.15) is 11.9 Å². The number of hydrogen-bond donors (Lipinski definition) is 1. The van der Waals surface area contributed by atoms with Crippen molar-refractivity contribution in [1.82, 2.24) is 9.88 Å². The number of carboxylic acid groups (broad SMARTS) is 1. The molecule has 206 valence electrons. The lowest BCUT2D eigenvalue weighted by Crippen LogP contribution is -2.41. The Morgan fingerprint density at radius 2 is 1.87 bits per heavy atom. The van der Waals surface area contributed by atoms with Crippen LogP contribution in [0.15, 0.2) is 36.5 Å². The largest absolute Gasteiger partial charge is 0.497 e. The zero-order valence-corrected chi connectivity index (χ0v) is 21.9. The summed E-state index contributed by atoms with van der Waals surface area (Å²) in [5.41, 5.74) is 1.42. The third kappa shape index (κ3) is 6.69. The number of carboxylic acids is 1. The number of alkyl halides is 1. The predicted molar refractivity (Wildman–Crippen MR) is 140 cm³/mol. The molecule has 1 atom stereocenters. The summed E-state index contributed by atoms with van der Waals surface area (Å²) < 4.78 is 61.0. The summed E-state index contributed by atoms with van der Waals surface area (Å²) in [6, 6.07) is 7.03. The maximum absolute atomic E-state index is 15.8. The van der Waals surface area contributed by atoms with Gasteiger partial charge in [0.25, 0.3) is 0 Å². The number of fused-ring (bicyclic) bond motifs is 1. The second-order valence-corrected chi connectivity index (χ2v) is 10.1. The minimum atomic E-state index is -1.53. The first-order valence-electron chi connectivity index (χ1n) is 12.8. The van der Waals surface area contributed by atoms with Gasteiger partial charge in [-0.2, -0.15) is 0 Å². The summed E-state index contributed by atoms with van der Waals surface area (Å²) in [6.45, 7) is 3.23. The fraction of sp³-hybridized carbons (Fsp3) is 0.400. The summed E-state index contributed by atoms with van der Waals surface area (Å²) in [5.74, 6) is 1.05. The van der Waals surface area contributed by atoms with Crippen molar-refractivity contribution < 1.29 is 32.2 Å². The van der Waals surface area contributed by atoms with E-state index in [2.05, 4.69) is 16.8 Å². The SMILES string of the molecule is COc1ccc2ncc(C)c([C@H](F)CCC3(CC(=O)O)CCN(CC#Cc4cc(F)c(F)c(F)c4)CC3)c2c1. The van der Waals surface area contributed by atoms with E-state index in [1.54, 1.807) is 31.5 Å². The van der Waals surface area contributed by atoms with Crippen LogP contribution in [0.25, 0.3) is 10.9 Å². The van der Waals surface area contributed by atoms with Gasteiger partial charge in [-0.05, 0) is 92.6 Å². The van der Waals surface area contributed by atoms with Gasteiger partial charge in [0, 0.05) is 17.1 Å². The summed E-state index contributed by atoms with van der Waals surface area (Å²) >= 11 is 0. The van der Waals surface area contributed by atoms with E-state index in [0.717, 1.165) is 17.7 Å². The molecule has 1 aliphatic heterocycles. The Hall–Kier alpha value is -3.64. The quantitative estimate of drug-likeness (QED) is 0.204.